The number of aryl methyl sites for hydroxylation is 1. The molecule has 0 radical (unpaired) electrons. The minimum atomic E-state index is -0.508. The summed E-state index contributed by atoms with van der Waals surface area (Å²) in [6.45, 7) is 2.18. The molecular formula is C56H38. The monoisotopic (exact) mass is 710 g/mol. The van der Waals surface area contributed by atoms with E-state index >= 15 is 0 Å². The summed E-state index contributed by atoms with van der Waals surface area (Å²) in [5.41, 5.74) is 16.1. The van der Waals surface area contributed by atoms with Crippen molar-refractivity contribution < 1.29 is 0 Å². The molecule has 11 rings (SSSR count). The maximum absolute atomic E-state index is 2.53. The van der Waals surface area contributed by atoms with Crippen LogP contribution in [0.1, 0.15) is 27.8 Å². The van der Waals surface area contributed by atoms with E-state index in [2.05, 4.69) is 219 Å². The smallest absolute Gasteiger partial charge is 0.0622 e. The Balaban J connectivity index is 1.21. The Hall–Kier alpha value is -7.02. The molecule has 56 heavy (non-hydrogen) atoms. The normalized spacial score (nSPS) is 14.6. The van der Waals surface area contributed by atoms with E-state index in [0.717, 1.165) is 0 Å². The molecule has 1 unspecified atom stereocenters. The number of hydrogen-bond donors (Lipinski definition) is 0. The van der Waals surface area contributed by atoms with Crippen molar-refractivity contribution in [3.8, 4) is 44.5 Å². The van der Waals surface area contributed by atoms with Crippen LogP contribution in [0.25, 0.3) is 76.8 Å². The minimum Gasteiger partial charge on any atom is -0.0622 e. The van der Waals surface area contributed by atoms with Crippen molar-refractivity contribution in [1.82, 2.24) is 0 Å². The van der Waals surface area contributed by atoms with Crippen molar-refractivity contribution in [1.29, 1.82) is 0 Å². The minimum absolute atomic E-state index is 0.508. The quantitative estimate of drug-likeness (QED) is 0.156. The summed E-state index contributed by atoms with van der Waals surface area (Å²) in [7, 11) is 0. The Labute approximate surface area is 328 Å². The first kappa shape index (κ1) is 32.4. The molecule has 1 aliphatic carbocycles. The summed E-state index contributed by atoms with van der Waals surface area (Å²) in [4.78, 5) is 0. The molecule has 0 fully saturated rings. The van der Waals surface area contributed by atoms with Crippen LogP contribution >= 0.6 is 0 Å². The summed E-state index contributed by atoms with van der Waals surface area (Å²) in [6.07, 6.45) is 0. The lowest BCUT2D eigenvalue weighted by molar-refractivity contribution is 0.769. The molecule has 0 N–H and O–H groups in total. The zero-order valence-corrected chi connectivity index (χ0v) is 31.2. The molecule has 0 saturated heterocycles. The Morgan fingerprint density at radius 3 is 1.43 bits per heavy atom. The van der Waals surface area contributed by atoms with E-state index < -0.39 is 5.41 Å². The first-order valence-corrected chi connectivity index (χ1v) is 19.6. The molecule has 0 nitrogen and oxygen atoms in total. The van der Waals surface area contributed by atoms with E-state index in [1.807, 2.05) is 0 Å². The van der Waals surface area contributed by atoms with Crippen LogP contribution in [0.2, 0.25) is 0 Å². The molecule has 10 aromatic rings. The number of fused-ring (bicyclic) bond motifs is 7. The molecule has 1 aliphatic rings. The van der Waals surface area contributed by atoms with Gasteiger partial charge >= 0.3 is 0 Å². The van der Waals surface area contributed by atoms with Crippen molar-refractivity contribution in [2.75, 3.05) is 0 Å². The average Bonchev–Trinajstić information content (AvgIpc) is 3.57. The van der Waals surface area contributed by atoms with Gasteiger partial charge in [0.25, 0.3) is 0 Å². The summed E-state index contributed by atoms with van der Waals surface area (Å²) in [5, 5.41) is 7.60. The number of rotatable bonds is 5. The molecule has 0 saturated carbocycles. The van der Waals surface area contributed by atoms with Crippen LogP contribution in [-0.4, -0.2) is 0 Å². The largest absolute Gasteiger partial charge is 0.0714 e. The lowest BCUT2D eigenvalue weighted by Crippen LogP contribution is -2.28. The molecule has 0 aromatic heterocycles. The number of hydrogen-bond acceptors (Lipinski definition) is 0. The second kappa shape index (κ2) is 12.8. The standard InChI is InChI=1S/C56H38/c1-37-24-32-44(33-25-37)56(43-17-6-3-7-18-43)51-35-31-40-16-8-9-19-45(40)55(51)50-34-30-42(36-52(50)56)54-48-22-12-10-20-46(48)53(47-21-11-13-23-49(47)54)41-28-26-39(27-29-41)38-14-4-2-5-15-38/h2-36H,1H3. The van der Waals surface area contributed by atoms with E-state index in [9.17, 15) is 0 Å². The highest BCUT2D eigenvalue weighted by molar-refractivity contribution is 6.21. The third-order valence-corrected chi connectivity index (χ3v) is 12.2. The highest BCUT2D eigenvalue weighted by Crippen LogP contribution is 2.59. The maximum Gasteiger partial charge on any atom is 0.0714 e. The van der Waals surface area contributed by atoms with Gasteiger partial charge in [0.05, 0.1) is 5.41 Å². The highest BCUT2D eigenvalue weighted by Gasteiger charge is 2.47. The van der Waals surface area contributed by atoms with Crippen LogP contribution < -0.4 is 0 Å². The Morgan fingerprint density at radius 1 is 0.304 bits per heavy atom. The van der Waals surface area contributed by atoms with E-state index in [1.54, 1.807) is 0 Å². The van der Waals surface area contributed by atoms with Crippen LogP contribution in [0.3, 0.4) is 0 Å². The molecule has 1 atom stereocenters. The molecular weight excluding hydrogens is 673 g/mol. The molecule has 0 aliphatic heterocycles. The maximum atomic E-state index is 2.53. The molecule has 0 heterocycles. The molecule has 0 heteroatoms. The summed E-state index contributed by atoms with van der Waals surface area (Å²) in [5.74, 6) is 0. The zero-order valence-electron chi connectivity index (χ0n) is 31.2. The van der Waals surface area contributed by atoms with Gasteiger partial charge in [-0.25, -0.2) is 0 Å². The fourth-order valence-corrected chi connectivity index (χ4v) is 9.74. The Kier molecular flexibility index (Phi) is 7.41. The van der Waals surface area contributed by atoms with Gasteiger partial charge in [-0.1, -0.05) is 212 Å². The van der Waals surface area contributed by atoms with E-state index in [1.165, 1.54) is 105 Å². The van der Waals surface area contributed by atoms with Crippen molar-refractivity contribution in [2.45, 2.75) is 12.3 Å². The van der Waals surface area contributed by atoms with Crippen LogP contribution in [0.4, 0.5) is 0 Å². The second-order valence-electron chi connectivity index (χ2n) is 15.2. The van der Waals surface area contributed by atoms with Gasteiger partial charge in [0.1, 0.15) is 0 Å². The van der Waals surface area contributed by atoms with Gasteiger partial charge < -0.3 is 0 Å². The molecule has 0 amide bonds. The lowest BCUT2D eigenvalue weighted by atomic mass is 9.67. The van der Waals surface area contributed by atoms with Gasteiger partial charge in [0, 0.05) is 0 Å². The summed E-state index contributed by atoms with van der Waals surface area (Å²) in [6, 6.07) is 79.1. The van der Waals surface area contributed by atoms with Gasteiger partial charge in [0.2, 0.25) is 0 Å². The van der Waals surface area contributed by atoms with Gasteiger partial charge in [-0.05, 0) is 112 Å². The van der Waals surface area contributed by atoms with Gasteiger partial charge in [-0.3, -0.25) is 0 Å². The second-order valence-corrected chi connectivity index (χ2v) is 15.2. The topological polar surface area (TPSA) is 0 Å². The third-order valence-electron chi connectivity index (χ3n) is 12.2. The highest BCUT2D eigenvalue weighted by atomic mass is 14.5. The first-order chi connectivity index (χ1) is 27.7. The summed E-state index contributed by atoms with van der Waals surface area (Å²) < 4.78 is 0. The SMILES string of the molecule is Cc1ccc(C2(c3ccccc3)c3cc(-c4c5ccccc5c(-c5ccc(-c6ccccc6)cc5)c5ccccc45)ccc3-c3c2ccc2ccccc32)cc1. The average molecular weight is 711 g/mol. The predicted molar refractivity (Wildman–Crippen MR) is 237 cm³/mol. The molecule has 262 valence electrons. The van der Waals surface area contributed by atoms with Crippen LogP contribution in [-0.2, 0) is 5.41 Å². The van der Waals surface area contributed by atoms with Crippen LogP contribution in [0, 0.1) is 6.92 Å². The molecule has 0 spiro atoms. The number of benzene rings is 10. The zero-order chi connectivity index (χ0) is 37.2. The van der Waals surface area contributed by atoms with Crippen molar-refractivity contribution in [3.63, 3.8) is 0 Å². The fraction of sp³-hybridized carbons (Fsp3) is 0.0357. The Bertz CT molecular complexity index is 3040. The Morgan fingerprint density at radius 2 is 0.786 bits per heavy atom. The van der Waals surface area contributed by atoms with Gasteiger partial charge in [0.15, 0.2) is 0 Å². The van der Waals surface area contributed by atoms with Crippen LogP contribution in [0.15, 0.2) is 212 Å². The van der Waals surface area contributed by atoms with Gasteiger partial charge in [-0.15, -0.1) is 0 Å². The van der Waals surface area contributed by atoms with E-state index in [4.69, 9.17) is 0 Å². The predicted octanol–water partition coefficient (Wildman–Crippen LogP) is 14.8. The van der Waals surface area contributed by atoms with Gasteiger partial charge in [-0.2, -0.15) is 0 Å². The lowest BCUT2D eigenvalue weighted by Gasteiger charge is -2.34. The molecule has 10 aromatic carbocycles. The summed E-state index contributed by atoms with van der Waals surface area (Å²) >= 11 is 0. The van der Waals surface area contributed by atoms with E-state index in [-0.39, 0.29) is 0 Å². The molecule has 0 bridgehead atoms. The van der Waals surface area contributed by atoms with Crippen molar-refractivity contribution in [3.05, 3.63) is 240 Å². The van der Waals surface area contributed by atoms with Crippen molar-refractivity contribution in [2.24, 2.45) is 0 Å². The fourth-order valence-electron chi connectivity index (χ4n) is 9.74. The van der Waals surface area contributed by atoms with Crippen LogP contribution in [0.5, 0.6) is 0 Å². The first-order valence-electron chi connectivity index (χ1n) is 19.6. The van der Waals surface area contributed by atoms with Crippen molar-refractivity contribution >= 4 is 32.3 Å². The van der Waals surface area contributed by atoms with E-state index in [0.29, 0.717) is 0 Å². The third kappa shape index (κ3) is 4.79.